The molecule has 0 aliphatic carbocycles. The molecule has 0 aliphatic rings. The molecular weight excluding hydrogens is 413 g/mol. The molecule has 0 unspecified atom stereocenters. The molecule has 0 saturated carbocycles. The lowest BCUT2D eigenvalue weighted by Gasteiger charge is -2.14. The fourth-order valence-corrected chi connectivity index (χ4v) is 3.72. The van der Waals surface area contributed by atoms with E-state index in [1.807, 2.05) is 0 Å². The van der Waals surface area contributed by atoms with E-state index >= 15 is 0 Å². The van der Waals surface area contributed by atoms with Gasteiger partial charge in [-0.05, 0) is 49.4 Å². The molecule has 30 heavy (non-hydrogen) atoms. The Hall–Kier alpha value is -3.79. The number of amides is 1. The largest absolute Gasteiger partial charge is 0.320 e. The highest BCUT2D eigenvalue weighted by molar-refractivity contribution is 7.92. The Morgan fingerprint density at radius 2 is 1.63 bits per heavy atom. The number of anilines is 2. The summed E-state index contributed by atoms with van der Waals surface area (Å²) in [6.07, 6.45) is 0. The van der Waals surface area contributed by atoms with Gasteiger partial charge in [0.2, 0.25) is 0 Å². The van der Waals surface area contributed by atoms with Gasteiger partial charge >= 0.3 is 0 Å². The van der Waals surface area contributed by atoms with Crippen molar-refractivity contribution < 1.29 is 22.5 Å². The number of benzene rings is 3. The van der Waals surface area contributed by atoms with Gasteiger partial charge in [-0.15, -0.1) is 0 Å². The number of sulfonamides is 1. The van der Waals surface area contributed by atoms with Crippen LogP contribution in [0, 0.1) is 22.9 Å². The first-order chi connectivity index (χ1) is 14.2. The van der Waals surface area contributed by atoms with Gasteiger partial charge < -0.3 is 5.32 Å². The monoisotopic (exact) mass is 429 g/mol. The van der Waals surface area contributed by atoms with Gasteiger partial charge in [0.15, 0.2) is 0 Å². The molecule has 0 bridgehead atoms. The van der Waals surface area contributed by atoms with E-state index < -0.39 is 26.7 Å². The maximum absolute atomic E-state index is 13.1. The van der Waals surface area contributed by atoms with Crippen LogP contribution in [0.5, 0.6) is 0 Å². The van der Waals surface area contributed by atoms with Gasteiger partial charge in [0.05, 0.1) is 21.2 Å². The third kappa shape index (κ3) is 4.61. The number of nitrogens with one attached hydrogen (secondary N) is 2. The minimum absolute atomic E-state index is 0.0449. The van der Waals surface area contributed by atoms with E-state index in [9.17, 15) is 27.7 Å². The first kappa shape index (κ1) is 20.9. The van der Waals surface area contributed by atoms with Crippen LogP contribution < -0.4 is 10.0 Å². The average Bonchev–Trinajstić information content (AvgIpc) is 2.69. The van der Waals surface area contributed by atoms with Crippen LogP contribution in [-0.2, 0) is 10.0 Å². The number of nitrogens with zero attached hydrogens (tertiary/aromatic N) is 1. The molecule has 0 spiro atoms. The van der Waals surface area contributed by atoms with Gasteiger partial charge in [0, 0.05) is 17.2 Å². The van der Waals surface area contributed by atoms with E-state index in [-0.39, 0.29) is 27.5 Å². The SMILES string of the molecule is Cc1ccc(C(=O)Nc2ccccc2NS(=O)(=O)c2ccc(F)cc2)cc1[N+](=O)[O-]. The lowest BCUT2D eigenvalue weighted by atomic mass is 10.1. The summed E-state index contributed by atoms with van der Waals surface area (Å²) in [7, 11) is -4.03. The lowest BCUT2D eigenvalue weighted by molar-refractivity contribution is -0.385. The van der Waals surface area contributed by atoms with Crippen molar-refractivity contribution in [3.8, 4) is 0 Å². The summed E-state index contributed by atoms with van der Waals surface area (Å²) >= 11 is 0. The van der Waals surface area contributed by atoms with Crippen molar-refractivity contribution in [2.75, 3.05) is 10.0 Å². The quantitative estimate of drug-likeness (QED) is 0.452. The average molecular weight is 429 g/mol. The second-order valence-corrected chi connectivity index (χ2v) is 8.00. The van der Waals surface area contributed by atoms with Crippen molar-refractivity contribution in [2.24, 2.45) is 0 Å². The molecule has 3 aromatic carbocycles. The number of aryl methyl sites for hydroxylation is 1. The zero-order valence-electron chi connectivity index (χ0n) is 15.6. The molecule has 2 N–H and O–H groups in total. The molecule has 154 valence electrons. The molecule has 0 aliphatic heterocycles. The molecule has 3 aromatic rings. The number of para-hydroxylation sites is 2. The van der Waals surface area contributed by atoms with E-state index in [1.165, 1.54) is 24.3 Å². The van der Waals surface area contributed by atoms with Crippen LogP contribution in [0.15, 0.2) is 71.6 Å². The Morgan fingerprint density at radius 3 is 2.27 bits per heavy atom. The minimum Gasteiger partial charge on any atom is -0.320 e. The number of nitro groups is 1. The van der Waals surface area contributed by atoms with Crippen LogP contribution >= 0.6 is 0 Å². The topological polar surface area (TPSA) is 118 Å². The van der Waals surface area contributed by atoms with Crippen LogP contribution in [0.4, 0.5) is 21.5 Å². The Balaban J connectivity index is 1.87. The number of nitro benzene ring substituents is 1. The summed E-state index contributed by atoms with van der Waals surface area (Å²) in [4.78, 5) is 22.9. The van der Waals surface area contributed by atoms with E-state index in [1.54, 1.807) is 19.1 Å². The highest BCUT2D eigenvalue weighted by atomic mass is 32.2. The Kier molecular flexibility index (Phi) is 5.79. The van der Waals surface area contributed by atoms with Crippen LogP contribution in [-0.4, -0.2) is 19.2 Å². The smallest absolute Gasteiger partial charge is 0.273 e. The Morgan fingerprint density at radius 1 is 1.00 bits per heavy atom. The van der Waals surface area contributed by atoms with E-state index in [0.717, 1.165) is 30.3 Å². The van der Waals surface area contributed by atoms with Gasteiger partial charge in [0.25, 0.3) is 21.6 Å². The highest BCUT2D eigenvalue weighted by Crippen LogP contribution is 2.26. The molecule has 0 aromatic heterocycles. The van der Waals surface area contributed by atoms with Crippen LogP contribution in [0.2, 0.25) is 0 Å². The number of hydrogen-bond acceptors (Lipinski definition) is 5. The van der Waals surface area contributed by atoms with Gasteiger partial charge in [-0.25, -0.2) is 12.8 Å². The number of carbonyl (C=O) groups is 1. The van der Waals surface area contributed by atoms with E-state index in [4.69, 9.17) is 0 Å². The predicted octanol–water partition coefficient (Wildman–Crippen LogP) is 4.10. The summed E-state index contributed by atoms with van der Waals surface area (Å²) in [5.74, 6) is -1.22. The van der Waals surface area contributed by atoms with Gasteiger partial charge in [0.1, 0.15) is 5.82 Å². The number of halogens is 1. The summed E-state index contributed by atoms with van der Waals surface area (Å²) in [6.45, 7) is 1.55. The highest BCUT2D eigenvalue weighted by Gasteiger charge is 2.19. The first-order valence-corrected chi connectivity index (χ1v) is 10.1. The molecule has 0 saturated heterocycles. The summed E-state index contributed by atoms with van der Waals surface area (Å²) in [5.41, 5.74) is 0.480. The molecule has 10 heteroatoms. The number of hydrogen-bond donors (Lipinski definition) is 2. The normalized spacial score (nSPS) is 11.0. The van der Waals surface area contributed by atoms with Crippen LogP contribution in [0.25, 0.3) is 0 Å². The molecular formula is C20H16FN3O5S. The van der Waals surface area contributed by atoms with Gasteiger partial charge in [-0.2, -0.15) is 0 Å². The molecule has 3 rings (SSSR count). The maximum Gasteiger partial charge on any atom is 0.273 e. The van der Waals surface area contributed by atoms with Crippen LogP contribution in [0.1, 0.15) is 15.9 Å². The number of rotatable bonds is 6. The first-order valence-electron chi connectivity index (χ1n) is 8.61. The molecule has 0 radical (unpaired) electrons. The molecule has 1 amide bonds. The molecule has 8 nitrogen and oxygen atoms in total. The molecule has 0 fully saturated rings. The Bertz CT molecular complexity index is 1230. The maximum atomic E-state index is 13.1. The van der Waals surface area contributed by atoms with Crippen molar-refractivity contribution >= 4 is 33.0 Å². The fourth-order valence-electron chi connectivity index (χ4n) is 2.64. The zero-order valence-corrected chi connectivity index (χ0v) is 16.4. The minimum atomic E-state index is -4.03. The summed E-state index contributed by atoms with van der Waals surface area (Å²) in [5, 5.41) is 13.6. The number of carbonyl (C=O) groups excluding carboxylic acids is 1. The van der Waals surface area contributed by atoms with E-state index in [2.05, 4.69) is 10.0 Å². The Labute approximate surface area is 171 Å². The third-order valence-electron chi connectivity index (χ3n) is 4.21. The van der Waals surface area contributed by atoms with Crippen molar-refractivity contribution in [3.63, 3.8) is 0 Å². The molecule has 0 heterocycles. The van der Waals surface area contributed by atoms with Crippen molar-refractivity contribution in [3.05, 3.63) is 93.8 Å². The standard InChI is InChI=1S/C20H16FN3O5S/c1-13-6-7-14(12-19(13)24(26)27)20(25)22-17-4-2-3-5-18(17)23-30(28,29)16-10-8-15(21)9-11-16/h2-12,23H,1H3,(H,22,25). The second kappa shape index (κ2) is 8.29. The predicted molar refractivity (Wildman–Crippen MR) is 109 cm³/mol. The fraction of sp³-hybridized carbons (Fsp3) is 0.0500. The van der Waals surface area contributed by atoms with Crippen LogP contribution in [0.3, 0.4) is 0 Å². The molecule has 0 atom stereocenters. The van der Waals surface area contributed by atoms with Gasteiger partial charge in [-0.1, -0.05) is 18.2 Å². The zero-order chi connectivity index (χ0) is 21.9. The second-order valence-electron chi connectivity index (χ2n) is 6.32. The third-order valence-corrected chi connectivity index (χ3v) is 5.59. The van der Waals surface area contributed by atoms with Crippen molar-refractivity contribution in [2.45, 2.75) is 11.8 Å². The summed E-state index contributed by atoms with van der Waals surface area (Å²) < 4.78 is 40.5. The van der Waals surface area contributed by atoms with Crippen molar-refractivity contribution in [1.82, 2.24) is 0 Å². The van der Waals surface area contributed by atoms with Crippen molar-refractivity contribution in [1.29, 1.82) is 0 Å². The van der Waals surface area contributed by atoms with E-state index in [0.29, 0.717) is 5.56 Å². The lowest BCUT2D eigenvalue weighted by Crippen LogP contribution is -2.17. The van der Waals surface area contributed by atoms with Gasteiger partial charge in [-0.3, -0.25) is 19.6 Å². The summed E-state index contributed by atoms with van der Waals surface area (Å²) in [6, 6.07) is 14.4.